The van der Waals surface area contributed by atoms with Crippen LogP contribution in [0, 0.1) is 0 Å². The van der Waals surface area contributed by atoms with Crippen LogP contribution < -0.4 is 4.74 Å². The zero-order chi connectivity index (χ0) is 25.6. The van der Waals surface area contributed by atoms with Gasteiger partial charge in [-0.1, -0.05) is 39.0 Å². The third-order valence-corrected chi connectivity index (χ3v) is 10.6. The molecular formula is C28H26Br2N2O2S3. The van der Waals surface area contributed by atoms with Crippen molar-refractivity contribution in [1.82, 2.24) is 10.2 Å². The summed E-state index contributed by atoms with van der Waals surface area (Å²) in [6.45, 7) is 2.99. The van der Waals surface area contributed by atoms with Crippen molar-refractivity contribution < 1.29 is 9.15 Å². The predicted molar refractivity (Wildman–Crippen MR) is 164 cm³/mol. The lowest BCUT2D eigenvalue weighted by atomic mass is 10.1. The van der Waals surface area contributed by atoms with E-state index < -0.39 is 0 Å². The normalized spacial score (nSPS) is 11.3. The van der Waals surface area contributed by atoms with Crippen LogP contribution in [0.3, 0.4) is 0 Å². The van der Waals surface area contributed by atoms with E-state index in [1.165, 1.54) is 46.7 Å². The topological polar surface area (TPSA) is 48.2 Å². The Balaban J connectivity index is 1.31. The van der Waals surface area contributed by atoms with Crippen LogP contribution in [-0.4, -0.2) is 16.8 Å². The molecule has 4 heterocycles. The molecule has 0 aliphatic rings. The van der Waals surface area contributed by atoms with E-state index in [1.807, 2.05) is 24.3 Å². The predicted octanol–water partition coefficient (Wildman–Crippen LogP) is 11.2. The number of benzene rings is 1. The monoisotopic (exact) mass is 676 g/mol. The lowest BCUT2D eigenvalue weighted by Crippen LogP contribution is -1.97. The number of nitrogens with zero attached hydrogens (tertiary/aromatic N) is 2. The third-order valence-electron chi connectivity index (χ3n) is 5.87. The first-order valence-electron chi connectivity index (χ1n) is 12.3. The third kappa shape index (κ3) is 6.81. The van der Waals surface area contributed by atoms with Crippen LogP contribution in [0.4, 0.5) is 0 Å². The van der Waals surface area contributed by atoms with Gasteiger partial charge in [-0.3, -0.25) is 0 Å². The highest BCUT2D eigenvalue weighted by molar-refractivity contribution is 9.11. The number of hydrogen-bond donors (Lipinski definition) is 0. The lowest BCUT2D eigenvalue weighted by Gasteiger charge is -2.06. The first-order chi connectivity index (χ1) is 18.1. The largest absolute Gasteiger partial charge is 0.494 e. The molecular weight excluding hydrogens is 652 g/mol. The number of aromatic nitrogens is 2. The molecule has 9 heteroatoms. The van der Waals surface area contributed by atoms with Crippen molar-refractivity contribution in [2.24, 2.45) is 0 Å². The molecule has 0 fully saturated rings. The Bertz CT molecular complexity index is 1440. The second-order valence-corrected chi connectivity index (χ2v) is 14.6. The van der Waals surface area contributed by atoms with Crippen LogP contribution in [0.25, 0.3) is 42.4 Å². The number of hydrogen-bond acceptors (Lipinski definition) is 7. The summed E-state index contributed by atoms with van der Waals surface area (Å²) < 4.78 is 14.3. The molecule has 0 saturated carbocycles. The Morgan fingerprint density at radius 1 is 0.730 bits per heavy atom. The van der Waals surface area contributed by atoms with Crippen LogP contribution in [0.2, 0.25) is 0 Å². The van der Waals surface area contributed by atoms with Gasteiger partial charge in [0.1, 0.15) is 5.75 Å². The fraction of sp³-hybridized carbons (Fsp3) is 0.286. The number of rotatable bonds is 12. The molecule has 4 aromatic heterocycles. The Morgan fingerprint density at radius 2 is 1.41 bits per heavy atom. The number of halogens is 2. The van der Waals surface area contributed by atoms with Gasteiger partial charge in [0.25, 0.3) is 0 Å². The molecule has 192 valence electrons. The van der Waals surface area contributed by atoms with Gasteiger partial charge in [0.2, 0.25) is 11.8 Å². The fourth-order valence-corrected chi connectivity index (χ4v) is 8.08. The summed E-state index contributed by atoms with van der Waals surface area (Å²) in [5.74, 6) is 1.89. The smallest absolute Gasteiger partial charge is 0.249 e. The highest BCUT2D eigenvalue weighted by Crippen LogP contribution is 2.47. The Hall–Kier alpha value is -1.78. The number of ether oxygens (including phenoxy) is 1. The molecule has 37 heavy (non-hydrogen) atoms. The maximum absolute atomic E-state index is 6.19. The summed E-state index contributed by atoms with van der Waals surface area (Å²) in [4.78, 5) is 4.68. The lowest BCUT2D eigenvalue weighted by molar-refractivity contribution is 0.304. The Labute approximate surface area is 246 Å². The molecule has 0 radical (unpaired) electrons. The van der Waals surface area contributed by atoms with Gasteiger partial charge in [0.15, 0.2) is 0 Å². The molecule has 0 saturated heterocycles. The first-order valence-corrected chi connectivity index (χ1v) is 16.4. The zero-order valence-electron chi connectivity index (χ0n) is 20.3. The van der Waals surface area contributed by atoms with E-state index in [1.54, 1.807) is 34.0 Å². The molecule has 4 nitrogen and oxygen atoms in total. The summed E-state index contributed by atoms with van der Waals surface area (Å²) in [5, 5.41) is 8.79. The van der Waals surface area contributed by atoms with Crippen molar-refractivity contribution in [3.05, 3.63) is 62.2 Å². The standard InChI is InChI=1S/C28H26Br2N2O2S3/c1-2-3-4-5-6-7-16-33-19-10-8-18(9-11-19)27-31-32-28(34-27)20-17-23(21-12-14-24(29)35-21)37-26(20)22-13-15-25(30)36-22/h8-15,17H,2-7,16H2,1H3. The van der Waals surface area contributed by atoms with Crippen molar-refractivity contribution in [2.45, 2.75) is 45.4 Å². The summed E-state index contributed by atoms with van der Waals surface area (Å²) in [6, 6.07) is 18.5. The minimum Gasteiger partial charge on any atom is -0.494 e. The SMILES string of the molecule is CCCCCCCCOc1ccc(-c2nnc(-c3cc(-c4ccc(Br)s4)sc3-c3ccc(Br)s3)o2)cc1. The van der Waals surface area contributed by atoms with Crippen molar-refractivity contribution in [3.8, 4) is 48.2 Å². The minimum absolute atomic E-state index is 0.502. The van der Waals surface area contributed by atoms with E-state index in [0.29, 0.717) is 11.8 Å². The second-order valence-electron chi connectivity index (χ2n) is 8.61. The van der Waals surface area contributed by atoms with E-state index in [-0.39, 0.29) is 0 Å². The minimum atomic E-state index is 0.502. The quantitative estimate of drug-likeness (QED) is 0.123. The van der Waals surface area contributed by atoms with E-state index >= 15 is 0 Å². The van der Waals surface area contributed by atoms with Gasteiger partial charge >= 0.3 is 0 Å². The Kier molecular flexibility index (Phi) is 9.31. The van der Waals surface area contributed by atoms with Crippen molar-refractivity contribution in [1.29, 1.82) is 0 Å². The molecule has 0 bridgehead atoms. The van der Waals surface area contributed by atoms with E-state index in [4.69, 9.17) is 9.15 Å². The molecule has 0 unspecified atom stereocenters. The van der Waals surface area contributed by atoms with Crippen molar-refractivity contribution in [2.75, 3.05) is 6.61 Å². The van der Waals surface area contributed by atoms with Crippen LogP contribution in [0.5, 0.6) is 5.75 Å². The van der Waals surface area contributed by atoms with E-state index in [2.05, 4.69) is 79.3 Å². The molecule has 0 aliphatic carbocycles. The highest BCUT2D eigenvalue weighted by atomic mass is 79.9. The number of unbranched alkanes of at least 4 members (excludes halogenated alkanes) is 5. The molecule has 0 aliphatic heterocycles. The second kappa shape index (κ2) is 12.8. The number of thiophene rings is 3. The van der Waals surface area contributed by atoms with Crippen LogP contribution >= 0.6 is 65.9 Å². The van der Waals surface area contributed by atoms with Gasteiger partial charge in [-0.15, -0.1) is 44.2 Å². The molecule has 5 aromatic rings. The van der Waals surface area contributed by atoms with Gasteiger partial charge in [-0.25, -0.2) is 0 Å². The summed E-state index contributed by atoms with van der Waals surface area (Å²) in [6.07, 6.45) is 7.53. The van der Waals surface area contributed by atoms with Crippen molar-refractivity contribution in [3.63, 3.8) is 0 Å². The van der Waals surface area contributed by atoms with Gasteiger partial charge in [-0.05, 0) is 92.9 Å². The molecule has 0 N–H and O–H groups in total. The molecule has 5 rings (SSSR count). The van der Waals surface area contributed by atoms with Gasteiger partial charge in [0, 0.05) is 20.2 Å². The maximum atomic E-state index is 6.19. The highest BCUT2D eigenvalue weighted by Gasteiger charge is 2.21. The van der Waals surface area contributed by atoms with Crippen molar-refractivity contribution >= 4 is 65.9 Å². The molecule has 0 atom stereocenters. The Morgan fingerprint density at radius 3 is 2.11 bits per heavy atom. The van der Waals surface area contributed by atoms with Gasteiger partial charge in [0.05, 0.1) is 24.6 Å². The van der Waals surface area contributed by atoms with E-state index in [0.717, 1.165) is 42.4 Å². The van der Waals surface area contributed by atoms with Gasteiger partial charge < -0.3 is 9.15 Å². The van der Waals surface area contributed by atoms with E-state index in [9.17, 15) is 0 Å². The zero-order valence-corrected chi connectivity index (χ0v) is 26.0. The first kappa shape index (κ1) is 26.8. The fourth-order valence-electron chi connectivity index (χ4n) is 3.95. The average Bonchev–Trinajstić information content (AvgIpc) is 3.70. The van der Waals surface area contributed by atoms with Crippen LogP contribution in [-0.2, 0) is 0 Å². The molecule has 0 spiro atoms. The summed E-state index contributed by atoms with van der Waals surface area (Å²) in [7, 11) is 0. The van der Waals surface area contributed by atoms with Crippen LogP contribution in [0.15, 0.2) is 66.6 Å². The average molecular weight is 679 g/mol. The summed E-state index contributed by atoms with van der Waals surface area (Å²) in [5.41, 5.74) is 1.83. The maximum Gasteiger partial charge on any atom is 0.249 e. The molecule has 0 amide bonds. The molecule has 1 aromatic carbocycles. The summed E-state index contributed by atoms with van der Waals surface area (Å²) >= 11 is 12.3. The van der Waals surface area contributed by atoms with Crippen LogP contribution in [0.1, 0.15) is 45.4 Å². The van der Waals surface area contributed by atoms with Gasteiger partial charge in [-0.2, -0.15) is 0 Å².